The molecule has 40 heavy (non-hydrogen) atoms. The zero-order valence-electron chi connectivity index (χ0n) is 23.0. The van der Waals surface area contributed by atoms with E-state index in [9.17, 15) is 13.2 Å². The normalized spacial score (nSPS) is 11.3. The molecule has 0 bridgehead atoms. The molecule has 4 rings (SSSR count). The van der Waals surface area contributed by atoms with Gasteiger partial charge in [-0.25, -0.2) is 13.4 Å². The predicted molar refractivity (Wildman–Crippen MR) is 154 cm³/mol. The molecule has 0 atom stereocenters. The Morgan fingerprint density at radius 1 is 1.05 bits per heavy atom. The van der Waals surface area contributed by atoms with E-state index < -0.39 is 21.2 Å². The highest BCUT2D eigenvalue weighted by Gasteiger charge is 2.23. The molecular formula is C26H31N9O4S. The molecule has 0 aliphatic carbocycles. The number of rotatable bonds is 10. The highest BCUT2D eigenvalue weighted by atomic mass is 32.2. The number of para-hydroxylation sites is 1. The van der Waals surface area contributed by atoms with Crippen LogP contribution in [-0.2, 0) is 17.1 Å². The first-order valence-corrected chi connectivity index (χ1v) is 13.8. The molecule has 0 unspecified atom stereocenters. The van der Waals surface area contributed by atoms with Gasteiger partial charge >= 0.3 is 0 Å². The first kappa shape index (κ1) is 28.3. The van der Waals surface area contributed by atoms with Gasteiger partial charge in [0.2, 0.25) is 10.0 Å². The summed E-state index contributed by atoms with van der Waals surface area (Å²) in [7, 11) is 2.89. The molecular weight excluding hydrogens is 534 g/mol. The van der Waals surface area contributed by atoms with Crippen LogP contribution in [0.2, 0.25) is 0 Å². The standard InChI is InChI=1S/C26H31N9O4S/c1-16(2)40(37,38)35(5)18-12-10-17(11-13-18)29-22-14-21(23(32-31-22)26(36)27-3)30-20-9-7-8-19(24(20)39-6)25-28-15-34(4)33-25/h7-16H,1-6H3,(H,27,36)(H2,29,30,31). The second kappa shape index (κ2) is 11.6. The number of benzene rings is 2. The number of sulfonamides is 1. The number of amides is 1. The van der Waals surface area contributed by atoms with E-state index in [0.29, 0.717) is 45.7 Å². The van der Waals surface area contributed by atoms with Gasteiger partial charge in [0.15, 0.2) is 23.1 Å². The molecule has 0 aliphatic rings. The van der Waals surface area contributed by atoms with Gasteiger partial charge in [-0.3, -0.25) is 13.8 Å². The number of carbonyl (C=O) groups is 1. The van der Waals surface area contributed by atoms with Crippen molar-refractivity contribution in [3.8, 4) is 17.1 Å². The Bertz CT molecular complexity index is 1620. The molecule has 0 saturated heterocycles. The molecule has 2 aromatic heterocycles. The second-order valence-electron chi connectivity index (χ2n) is 9.06. The summed E-state index contributed by atoms with van der Waals surface area (Å²) in [5.74, 6) is 0.897. The molecule has 0 aliphatic heterocycles. The molecule has 14 heteroatoms. The maximum absolute atomic E-state index is 12.6. The van der Waals surface area contributed by atoms with Crippen LogP contribution >= 0.6 is 0 Å². The summed E-state index contributed by atoms with van der Waals surface area (Å²) in [5, 5.41) is 21.1. The van der Waals surface area contributed by atoms with E-state index in [4.69, 9.17) is 4.74 Å². The number of aryl methyl sites for hydroxylation is 1. The molecule has 2 heterocycles. The third kappa shape index (κ3) is 5.81. The highest BCUT2D eigenvalue weighted by Crippen LogP contribution is 2.37. The number of hydrogen-bond donors (Lipinski definition) is 3. The molecule has 4 aromatic rings. The fourth-order valence-electron chi connectivity index (χ4n) is 3.84. The third-order valence-corrected chi connectivity index (χ3v) is 8.21. The van der Waals surface area contributed by atoms with Crippen LogP contribution in [0.3, 0.4) is 0 Å². The van der Waals surface area contributed by atoms with E-state index in [0.717, 1.165) is 0 Å². The number of hydrogen-bond acceptors (Lipinski definition) is 10. The average Bonchev–Trinajstić information content (AvgIpc) is 3.38. The van der Waals surface area contributed by atoms with Crippen LogP contribution in [0.1, 0.15) is 24.3 Å². The number of methoxy groups -OCH3 is 1. The largest absolute Gasteiger partial charge is 0.494 e. The number of ether oxygens (including phenoxy) is 1. The quantitative estimate of drug-likeness (QED) is 0.261. The Hall–Kier alpha value is -4.72. The van der Waals surface area contributed by atoms with Gasteiger partial charge in [-0.1, -0.05) is 6.07 Å². The van der Waals surface area contributed by atoms with E-state index in [1.807, 2.05) is 12.1 Å². The van der Waals surface area contributed by atoms with Gasteiger partial charge in [0, 0.05) is 32.9 Å². The second-order valence-corrected chi connectivity index (χ2v) is 11.6. The van der Waals surface area contributed by atoms with Crippen LogP contribution in [0, 0.1) is 0 Å². The molecule has 0 spiro atoms. The zero-order valence-corrected chi connectivity index (χ0v) is 23.8. The Kier molecular flexibility index (Phi) is 8.18. The minimum absolute atomic E-state index is 0.0762. The van der Waals surface area contributed by atoms with E-state index in [1.54, 1.807) is 68.3 Å². The molecule has 0 radical (unpaired) electrons. The first-order chi connectivity index (χ1) is 19.0. The Morgan fingerprint density at radius 2 is 1.77 bits per heavy atom. The topological polar surface area (TPSA) is 156 Å². The van der Waals surface area contributed by atoms with Crippen LogP contribution < -0.4 is 25.0 Å². The molecule has 2 aromatic carbocycles. The zero-order chi connectivity index (χ0) is 29.0. The molecule has 3 N–H and O–H groups in total. The average molecular weight is 566 g/mol. The fourth-order valence-corrected chi connectivity index (χ4v) is 4.89. The van der Waals surface area contributed by atoms with Crippen molar-refractivity contribution in [2.45, 2.75) is 19.1 Å². The monoisotopic (exact) mass is 565 g/mol. The van der Waals surface area contributed by atoms with Crippen molar-refractivity contribution < 1.29 is 17.9 Å². The van der Waals surface area contributed by atoms with Crippen molar-refractivity contribution in [1.29, 1.82) is 0 Å². The SMILES string of the molecule is CNC(=O)c1nnc(Nc2ccc(N(C)S(=O)(=O)C(C)C)cc2)cc1Nc1cccc(-c2ncn(C)n2)c1OC. The number of carbonyl (C=O) groups excluding carboxylic acids is 1. The van der Waals surface area contributed by atoms with Crippen LogP contribution in [0.25, 0.3) is 11.4 Å². The molecule has 0 fully saturated rings. The van der Waals surface area contributed by atoms with Gasteiger partial charge in [-0.2, -0.15) is 5.10 Å². The summed E-state index contributed by atoms with van der Waals surface area (Å²) in [5.41, 5.74) is 2.85. The van der Waals surface area contributed by atoms with E-state index in [2.05, 4.69) is 36.2 Å². The number of aromatic nitrogens is 5. The smallest absolute Gasteiger partial charge is 0.273 e. The lowest BCUT2D eigenvalue weighted by atomic mass is 10.1. The van der Waals surface area contributed by atoms with Crippen molar-refractivity contribution in [3.63, 3.8) is 0 Å². The van der Waals surface area contributed by atoms with Gasteiger partial charge in [0.05, 0.1) is 35.0 Å². The fraction of sp³-hybridized carbons (Fsp3) is 0.269. The summed E-state index contributed by atoms with van der Waals surface area (Å²) >= 11 is 0. The summed E-state index contributed by atoms with van der Waals surface area (Å²) in [6, 6.07) is 13.9. The molecule has 0 saturated carbocycles. The minimum atomic E-state index is -3.45. The van der Waals surface area contributed by atoms with E-state index >= 15 is 0 Å². The van der Waals surface area contributed by atoms with Crippen LogP contribution in [-0.4, -0.2) is 65.7 Å². The van der Waals surface area contributed by atoms with E-state index in [1.165, 1.54) is 25.5 Å². The lowest BCUT2D eigenvalue weighted by Gasteiger charge is -2.22. The minimum Gasteiger partial charge on any atom is -0.494 e. The van der Waals surface area contributed by atoms with Crippen molar-refractivity contribution in [3.05, 3.63) is 60.6 Å². The van der Waals surface area contributed by atoms with Crippen molar-refractivity contribution >= 4 is 44.5 Å². The molecule has 210 valence electrons. The Labute approximate surface area is 232 Å². The molecule has 1 amide bonds. The lowest BCUT2D eigenvalue weighted by Crippen LogP contribution is -2.32. The van der Waals surface area contributed by atoms with Crippen LogP contribution in [0.15, 0.2) is 54.9 Å². The maximum Gasteiger partial charge on any atom is 0.273 e. The van der Waals surface area contributed by atoms with Gasteiger partial charge < -0.3 is 20.7 Å². The van der Waals surface area contributed by atoms with Crippen molar-refractivity contribution in [2.24, 2.45) is 7.05 Å². The molecule has 13 nitrogen and oxygen atoms in total. The van der Waals surface area contributed by atoms with Crippen molar-refractivity contribution in [2.75, 3.05) is 36.1 Å². The van der Waals surface area contributed by atoms with Gasteiger partial charge in [0.25, 0.3) is 5.91 Å². The summed E-state index contributed by atoms with van der Waals surface area (Å²) in [4.78, 5) is 16.9. The van der Waals surface area contributed by atoms with Crippen molar-refractivity contribution in [1.82, 2.24) is 30.3 Å². The number of anilines is 5. The van der Waals surface area contributed by atoms with Gasteiger partial charge in [-0.15, -0.1) is 10.2 Å². The summed E-state index contributed by atoms with van der Waals surface area (Å²) < 4.78 is 33.5. The van der Waals surface area contributed by atoms with E-state index in [-0.39, 0.29) is 5.69 Å². The Morgan fingerprint density at radius 3 is 2.38 bits per heavy atom. The van der Waals surface area contributed by atoms with Crippen LogP contribution in [0.4, 0.5) is 28.6 Å². The first-order valence-electron chi connectivity index (χ1n) is 12.3. The predicted octanol–water partition coefficient (Wildman–Crippen LogP) is 3.30. The van der Waals surface area contributed by atoms with Gasteiger partial charge in [-0.05, 0) is 50.2 Å². The number of nitrogens with zero attached hydrogens (tertiary/aromatic N) is 6. The summed E-state index contributed by atoms with van der Waals surface area (Å²) in [6.07, 6.45) is 1.59. The van der Waals surface area contributed by atoms with Gasteiger partial charge in [0.1, 0.15) is 6.33 Å². The maximum atomic E-state index is 12.6. The third-order valence-electron chi connectivity index (χ3n) is 6.05. The van der Waals surface area contributed by atoms with Crippen LogP contribution in [0.5, 0.6) is 5.75 Å². The summed E-state index contributed by atoms with van der Waals surface area (Å²) in [6.45, 7) is 3.27. The lowest BCUT2D eigenvalue weighted by molar-refractivity contribution is 0.0958. The Balaban J connectivity index is 1.65. The highest BCUT2D eigenvalue weighted by molar-refractivity contribution is 7.93. The number of nitrogens with one attached hydrogen (secondary N) is 3.